The molecular formula is C16H12N2O2. The Balaban J connectivity index is 1.93. The number of aromatic nitrogens is 2. The van der Waals surface area contributed by atoms with Crippen LogP contribution < -0.4 is 4.74 Å². The molecule has 0 atom stereocenters. The second-order valence-electron chi connectivity index (χ2n) is 4.58. The van der Waals surface area contributed by atoms with Gasteiger partial charge in [-0.2, -0.15) is 0 Å². The fourth-order valence-corrected chi connectivity index (χ4v) is 2.37. The highest BCUT2D eigenvalue weighted by Crippen LogP contribution is 2.29. The molecule has 0 amide bonds. The molecule has 4 nitrogen and oxygen atoms in total. The summed E-state index contributed by atoms with van der Waals surface area (Å²) in [6.07, 6.45) is 3.88. The van der Waals surface area contributed by atoms with Crippen molar-refractivity contribution < 1.29 is 9.15 Å². The molecule has 0 aliphatic rings. The number of rotatable bonds is 2. The molecule has 20 heavy (non-hydrogen) atoms. The molecule has 3 aromatic heterocycles. The third-order valence-electron chi connectivity index (χ3n) is 3.34. The molecule has 0 spiro atoms. The van der Waals surface area contributed by atoms with Gasteiger partial charge in [0.05, 0.1) is 7.11 Å². The van der Waals surface area contributed by atoms with E-state index in [1.54, 1.807) is 7.11 Å². The van der Waals surface area contributed by atoms with E-state index in [0.717, 1.165) is 33.8 Å². The number of pyridine rings is 1. The summed E-state index contributed by atoms with van der Waals surface area (Å²) >= 11 is 0. The lowest BCUT2D eigenvalue weighted by molar-refractivity contribution is 0.417. The van der Waals surface area contributed by atoms with Gasteiger partial charge in [-0.3, -0.25) is 0 Å². The van der Waals surface area contributed by atoms with Gasteiger partial charge in [0, 0.05) is 17.8 Å². The fourth-order valence-electron chi connectivity index (χ4n) is 2.37. The maximum Gasteiger partial charge on any atom is 0.180 e. The van der Waals surface area contributed by atoms with E-state index in [1.807, 2.05) is 59.3 Å². The Hall–Kier alpha value is -2.75. The summed E-state index contributed by atoms with van der Waals surface area (Å²) in [5, 5.41) is 1.08. The fraction of sp³-hybridized carbons (Fsp3) is 0.0625. The van der Waals surface area contributed by atoms with Crippen LogP contribution in [0.15, 0.2) is 59.3 Å². The van der Waals surface area contributed by atoms with Gasteiger partial charge in [0.1, 0.15) is 11.3 Å². The molecule has 4 heteroatoms. The first-order valence-electron chi connectivity index (χ1n) is 6.36. The average molecular weight is 264 g/mol. The highest BCUT2D eigenvalue weighted by Gasteiger charge is 2.12. The minimum Gasteiger partial charge on any atom is -0.493 e. The average Bonchev–Trinajstić information content (AvgIpc) is 3.09. The highest BCUT2D eigenvalue weighted by molar-refractivity contribution is 5.82. The van der Waals surface area contributed by atoms with Crippen molar-refractivity contribution in [2.75, 3.05) is 7.11 Å². The monoisotopic (exact) mass is 264 g/mol. The Morgan fingerprint density at radius 3 is 2.90 bits per heavy atom. The van der Waals surface area contributed by atoms with Crippen LogP contribution in [0, 0.1) is 0 Å². The number of fused-ring (bicyclic) bond motifs is 2. The van der Waals surface area contributed by atoms with Gasteiger partial charge in [0.2, 0.25) is 0 Å². The lowest BCUT2D eigenvalue weighted by atomic mass is 10.2. The van der Waals surface area contributed by atoms with E-state index in [2.05, 4.69) is 4.98 Å². The number of ether oxygens (including phenoxy) is 1. The molecule has 0 saturated heterocycles. The summed E-state index contributed by atoms with van der Waals surface area (Å²) < 4.78 is 13.1. The summed E-state index contributed by atoms with van der Waals surface area (Å²) in [5.41, 5.74) is 2.45. The predicted octanol–water partition coefficient (Wildman–Crippen LogP) is 3.76. The Kier molecular flexibility index (Phi) is 2.29. The molecule has 0 aliphatic heterocycles. The van der Waals surface area contributed by atoms with Gasteiger partial charge in [-0.25, -0.2) is 4.98 Å². The maximum absolute atomic E-state index is 5.84. The van der Waals surface area contributed by atoms with Crippen LogP contribution in [0.25, 0.3) is 28.1 Å². The first-order valence-corrected chi connectivity index (χ1v) is 6.36. The summed E-state index contributed by atoms with van der Waals surface area (Å²) in [4.78, 5) is 4.59. The van der Waals surface area contributed by atoms with Crippen LogP contribution in [0.1, 0.15) is 0 Å². The summed E-state index contributed by atoms with van der Waals surface area (Å²) in [7, 11) is 1.64. The van der Waals surface area contributed by atoms with Crippen LogP contribution in [-0.2, 0) is 0 Å². The molecule has 0 radical (unpaired) electrons. The Labute approximate surface area is 115 Å². The highest BCUT2D eigenvalue weighted by atomic mass is 16.5. The van der Waals surface area contributed by atoms with Gasteiger partial charge >= 0.3 is 0 Å². The molecule has 0 saturated carbocycles. The van der Waals surface area contributed by atoms with E-state index >= 15 is 0 Å². The number of hydrogen-bond acceptors (Lipinski definition) is 3. The zero-order valence-electron chi connectivity index (χ0n) is 10.9. The second kappa shape index (κ2) is 4.13. The molecule has 4 aromatic rings. The summed E-state index contributed by atoms with van der Waals surface area (Å²) in [6, 6.07) is 13.8. The first kappa shape index (κ1) is 11.1. The van der Waals surface area contributed by atoms with Gasteiger partial charge in [0.15, 0.2) is 17.2 Å². The second-order valence-corrected chi connectivity index (χ2v) is 4.58. The third kappa shape index (κ3) is 1.58. The molecule has 0 aliphatic carbocycles. The Morgan fingerprint density at radius 1 is 1.15 bits per heavy atom. The smallest absolute Gasteiger partial charge is 0.180 e. The van der Waals surface area contributed by atoms with Crippen LogP contribution in [0.5, 0.6) is 5.75 Å². The van der Waals surface area contributed by atoms with Gasteiger partial charge in [-0.15, -0.1) is 0 Å². The lowest BCUT2D eigenvalue weighted by Crippen LogP contribution is -1.88. The molecule has 0 N–H and O–H groups in total. The van der Waals surface area contributed by atoms with Crippen LogP contribution in [0.2, 0.25) is 0 Å². The molecule has 0 bridgehead atoms. The van der Waals surface area contributed by atoms with Crippen LogP contribution in [0.3, 0.4) is 0 Å². The number of benzene rings is 1. The quantitative estimate of drug-likeness (QED) is 0.553. The van der Waals surface area contributed by atoms with E-state index in [4.69, 9.17) is 9.15 Å². The minimum absolute atomic E-state index is 0.745. The van der Waals surface area contributed by atoms with Gasteiger partial charge in [-0.1, -0.05) is 18.2 Å². The van der Waals surface area contributed by atoms with E-state index in [-0.39, 0.29) is 0 Å². The predicted molar refractivity (Wildman–Crippen MR) is 77.0 cm³/mol. The summed E-state index contributed by atoms with van der Waals surface area (Å²) in [6.45, 7) is 0. The number of imidazole rings is 1. The molecule has 3 heterocycles. The maximum atomic E-state index is 5.84. The third-order valence-corrected chi connectivity index (χ3v) is 3.34. The van der Waals surface area contributed by atoms with Crippen molar-refractivity contribution in [1.29, 1.82) is 0 Å². The van der Waals surface area contributed by atoms with Crippen molar-refractivity contribution in [1.82, 2.24) is 9.38 Å². The SMILES string of the molecule is COc1cccn2cc(-c3cc4ccccc4o3)nc12. The normalized spacial score (nSPS) is 11.2. The molecule has 4 rings (SSSR count). The van der Waals surface area contributed by atoms with Crippen molar-refractivity contribution in [3.63, 3.8) is 0 Å². The van der Waals surface area contributed by atoms with Crippen molar-refractivity contribution in [3.8, 4) is 17.2 Å². The first-order chi connectivity index (χ1) is 9.85. The molecule has 0 fully saturated rings. The van der Waals surface area contributed by atoms with E-state index in [1.165, 1.54) is 0 Å². The van der Waals surface area contributed by atoms with Gasteiger partial charge in [0.25, 0.3) is 0 Å². The topological polar surface area (TPSA) is 39.7 Å². The zero-order valence-corrected chi connectivity index (χ0v) is 10.9. The lowest BCUT2D eigenvalue weighted by Gasteiger charge is -1.99. The number of furan rings is 1. The molecule has 1 aromatic carbocycles. The Bertz CT molecular complexity index is 872. The summed E-state index contributed by atoms with van der Waals surface area (Å²) in [5.74, 6) is 1.51. The van der Waals surface area contributed by atoms with Crippen LogP contribution in [0.4, 0.5) is 0 Å². The number of hydrogen-bond donors (Lipinski definition) is 0. The van der Waals surface area contributed by atoms with Gasteiger partial charge < -0.3 is 13.6 Å². The van der Waals surface area contributed by atoms with Crippen molar-refractivity contribution in [3.05, 3.63) is 54.9 Å². The van der Waals surface area contributed by atoms with E-state index in [9.17, 15) is 0 Å². The van der Waals surface area contributed by atoms with Gasteiger partial charge in [-0.05, 0) is 24.3 Å². The number of para-hydroxylation sites is 1. The minimum atomic E-state index is 0.745. The van der Waals surface area contributed by atoms with Crippen LogP contribution in [-0.4, -0.2) is 16.5 Å². The largest absolute Gasteiger partial charge is 0.493 e. The van der Waals surface area contributed by atoms with Crippen LogP contribution >= 0.6 is 0 Å². The molecule has 98 valence electrons. The van der Waals surface area contributed by atoms with Crippen molar-refractivity contribution in [2.45, 2.75) is 0 Å². The Morgan fingerprint density at radius 2 is 2.05 bits per heavy atom. The van der Waals surface area contributed by atoms with Crippen molar-refractivity contribution >= 4 is 16.6 Å². The van der Waals surface area contributed by atoms with E-state index in [0.29, 0.717) is 0 Å². The molecular weight excluding hydrogens is 252 g/mol. The van der Waals surface area contributed by atoms with Crippen molar-refractivity contribution in [2.24, 2.45) is 0 Å². The standard InChI is InChI=1S/C16H12N2O2/c1-19-14-7-4-8-18-10-12(17-16(14)18)15-9-11-5-2-3-6-13(11)20-15/h2-10H,1H3. The number of methoxy groups -OCH3 is 1. The zero-order chi connectivity index (χ0) is 13.5. The number of nitrogens with zero attached hydrogens (tertiary/aromatic N) is 2. The van der Waals surface area contributed by atoms with E-state index < -0.39 is 0 Å². The molecule has 0 unspecified atom stereocenters.